The van der Waals surface area contributed by atoms with Crippen LogP contribution in [-0.2, 0) is 32.6 Å². The van der Waals surface area contributed by atoms with E-state index in [2.05, 4.69) is 21.2 Å². The maximum absolute atomic E-state index is 14.0. The van der Waals surface area contributed by atoms with Crippen LogP contribution in [0, 0.1) is 5.82 Å². The summed E-state index contributed by atoms with van der Waals surface area (Å²) in [5.74, 6) is -0.887. The Hall–Kier alpha value is -3.24. The predicted octanol–water partition coefficient (Wildman–Crippen LogP) is 6.22. The Balaban J connectivity index is 1.58. The van der Waals surface area contributed by atoms with Gasteiger partial charge in [-0.1, -0.05) is 77.7 Å². The number of hydrogen-bond donors (Lipinski definition) is 1. The van der Waals surface area contributed by atoms with Crippen LogP contribution in [0.4, 0.5) is 10.1 Å². The maximum atomic E-state index is 14.0. The van der Waals surface area contributed by atoms with Gasteiger partial charge < -0.3 is 10.2 Å². The molecule has 0 radical (unpaired) electrons. The Morgan fingerprint density at radius 2 is 1.63 bits per heavy atom. The van der Waals surface area contributed by atoms with E-state index in [0.29, 0.717) is 12.1 Å². The van der Waals surface area contributed by atoms with Crippen LogP contribution in [0.2, 0.25) is 0 Å². The second-order valence-electron chi connectivity index (χ2n) is 11.1. The molecule has 1 fully saturated rings. The van der Waals surface area contributed by atoms with Crippen molar-refractivity contribution in [2.45, 2.75) is 70.0 Å². The third kappa shape index (κ3) is 9.89. The fourth-order valence-corrected chi connectivity index (χ4v) is 6.95. The van der Waals surface area contributed by atoms with Gasteiger partial charge in [0.15, 0.2) is 0 Å². The van der Waals surface area contributed by atoms with E-state index in [0.717, 1.165) is 54.0 Å². The molecular weight excluding hydrogens is 633 g/mol. The van der Waals surface area contributed by atoms with E-state index in [9.17, 15) is 22.4 Å². The summed E-state index contributed by atoms with van der Waals surface area (Å²) in [6.45, 7) is 0.264. The zero-order valence-electron chi connectivity index (χ0n) is 24.4. The highest BCUT2D eigenvalue weighted by atomic mass is 79.9. The van der Waals surface area contributed by atoms with Crippen molar-refractivity contribution in [2.24, 2.45) is 0 Å². The van der Waals surface area contributed by atoms with Crippen molar-refractivity contribution in [2.75, 3.05) is 17.1 Å². The fraction of sp³-hybridized carbons (Fsp3) is 0.394. The van der Waals surface area contributed by atoms with E-state index in [1.54, 1.807) is 4.90 Å². The second kappa shape index (κ2) is 15.5. The molecule has 230 valence electrons. The van der Waals surface area contributed by atoms with E-state index in [-0.39, 0.29) is 43.8 Å². The van der Waals surface area contributed by atoms with E-state index < -0.39 is 21.9 Å². The van der Waals surface area contributed by atoms with E-state index in [1.807, 2.05) is 54.6 Å². The van der Waals surface area contributed by atoms with Crippen LogP contribution in [0.25, 0.3) is 0 Å². The lowest BCUT2D eigenvalue weighted by Crippen LogP contribution is -2.52. The normalized spacial score (nSPS) is 14.6. The van der Waals surface area contributed by atoms with Crippen LogP contribution < -0.4 is 9.62 Å². The zero-order chi connectivity index (χ0) is 30.8. The number of rotatable bonds is 13. The molecule has 1 saturated carbocycles. The Morgan fingerprint density at radius 1 is 0.953 bits per heavy atom. The first kappa shape index (κ1) is 32.7. The lowest BCUT2D eigenvalue weighted by atomic mass is 9.94. The number of sulfonamides is 1. The van der Waals surface area contributed by atoms with Crippen molar-refractivity contribution in [3.05, 3.63) is 100 Å². The van der Waals surface area contributed by atoms with Crippen LogP contribution in [0.15, 0.2) is 83.3 Å². The van der Waals surface area contributed by atoms with Gasteiger partial charge in [0.1, 0.15) is 11.9 Å². The number of anilines is 1. The summed E-state index contributed by atoms with van der Waals surface area (Å²) in [4.78, 5) is 29.5. The highest BCUT2D eigenvalue weighted by Crippen LogP contribution is 2.23. The lowest BCUT2D eigenvalue weighted by Gasteiger charge is -2.34. The summed E-state index contributed by atoms with van der Waals surface area (Å²) in [7, 11) is -3.67. The number of carbonyl (C=O) groups is 2. The fourth-order valence-electron chi connectivity index (χ4n) is 5.54. The van der Waals surface area contributed by atoms with Crippen molar-refractivity contribution in [3.8, 4) is 0 Å². The second-order valence-corrected chi connectivity index (χ2v) is 13.9. The van der Waals surface area contributed by atoms with Gasteiger partial charge in [0.25, 0.3) is 0 Å². The molecule has 0 bridgehead atoms. The number of halogens is 2. The van der Waals surface area contributed by atoms with Gasteiger partial charge in [0.2, 0.25) is 21.8 Å². The lowest BCUT2D eigenvalue weighted by molar-refractivity contribution is -0.141. The van der Waals surface area contributed by atoms with Crippen LogP contribution in [-0.4, -0.2) is 50.0 Å². The molecule has 43 heavy (non-hydrogen) atoms. The Bertz CT molecular complexity index is 1460. The molecule has 0 saturated heterocycles. The predicted molar refractivity (Wildman–Crippen MR) is 171 cm³/mol. The summed E-state index contributed by atoms with van der Waals surface area (Å²) in [6, 6.07) is 21.9. The summed E-state index contributed by atoms with van der Waals surface area (Å²) >= 11 is 3.51. The average molecular weight is 673 g/mol. The minimum atomic E-state index is -3.67. The molecule has 0 aliphatic heterocycles. The summed E-state index contributed by atoms with van der Waals surface area (Å²) < 4.78 is 40.7. The number of carbonyl (C=O) groups excluding carboxylic acids is 2. The van der Waals surface area contributed by atoms with Gasteiger partial charge >= 0.3 is 0 Å². The molecule has 1 atom stereocenters. The monoisotopic (exact) mass is 671 g/mol. The van der Waals surface area contributed by atoms with Crippen LogP contribution in [0.3, 0.4) is 0 Å². The van der Waals surface area contributed by atoms with Crippen molar-refractivity contribution in [1.29, 1.82) is 0 Å². The Labute approximate surface area is 262 Å². The molecule has 1 N–H and O–H groups in total. The first-order valence-corrected chi connectivity index (χ1v) is 17.4. The minimum absolute atomic E-state index is 0.0310. The molecule has 10 heteroatoms. The standard InChI is InChI=1S/C33H39BrFN3O4S/c1-43(41,42)38(30-19-17-28(35)18-20-30)21-9-16-32(39)37(24-26-12-8-13-27(34)22-26)31(23-25-10-4-2-5-11-25)33(40)36-29-14-6-3-7-15-29/h2,4-5,8,10-13,17-20,22,29,31H,3,6-7,9,14-16,21,23-24H2,1H3,(H,36,40)/t31-/m0/s1. The van der Waals surface area contributed by atoms with Crippen LogP contribution in [0.5, 0.6) is 0 Å². The topological polar surface area (TPSA) is 86.8 Å². The van der Waals surface area contributed by atoms with Crippen LogP contribution >= 0.6 is 15.9 Å². The Kier molecular flexibility index (Phi) is 11.8. The summed E-state index contributed by atoms with van der Waals surface area (Å²) in [5, 5.41) is 3.23. The number of nitrogens with zero attached hydrogens (tertiary/aromatic N) is 2. The van der Waals surface area contributed by atoms with Gasteiger partial charge in [0, 0.05) is 36.4 Å². The van der Waals surface area contributed by atoms with Crippen molar-refractivity contribution >= 4 is 43.5 Å². The molecule has 0 unspecified atom stereocenters. The van der Waals surface area contributed by atoms with Crippen molar-refractivity contribution in [3.63, 3.8) is 0 Å². The molecule has 3 aromatic carbocycles. The molecule has 0 heterocycles. The maximum Gasteiger partial charge on any atom is 0.243 e. The SMILES string of the molecule is CS(=O)(=O)N(CCCC(=O)N(Cc1cccc(Br)c1)[C@@H](Cc1ccccc1)C(=O)NC1CCCCC1)c1ccc(F)cc1. The van der Waals surface area contributed by atoms with E-state index in [1.165, 1.54) is 28.6 Å². The van der Waals surface area contributed by atoms with Crippen molar-refractivity contribution in [1.82, 2.24) is 10.2 Å². The van der Waals surface area contributed by atoms with Crippen molar-refractivity contribution < 1.29 is 22.4 Å². The highest BCUT2D eigenvalue weighted by Gasteiger charge is 2.32. The summed E-state index contributed by atoms with van der Waals surface area (Å²) in [6.07, 6.45) is 6.84. The van der Waals surface area contributed by atoms with Gasteiger partial charge in [-0.2, -0.15) is 0 Å². The van der Waals surface area contributed by atoms with Gasteiger partial charge in [-0.25, -0.2) is 12.8 Å². The molecule has 4 rings (SSSR count). The molecule has 2 amide bonds. The molecule has 3 aromatic rings. The average Bonchev–Trinajstić information content (AvgIpc) is 2.98. The van der Waals surface area contributed by atoms with Gasteiger partial charge in [-0.15, -0.1) is 0 Å². The van der Waals surface area contributed by atoms with Gasteiger partial charge in [-0.05, 0) is 66.8 Å². The minimum Gasteiger partial charge on any atom is -0.352 e. The largest absolute Gasteiger partial charge is 0.352 e. The van der Waals surface area contributed by atoms with E-state index >= 15 is 0 Å². The Morgan fingerprint density at radius 3 is 2.28 bits per heavy atom. The number of amides is 2. The first-order valence-electron chi connectivity index (χ1n) is 14.7. The quantitative estimate of drug-likeness (QED) is 0.234. The molecular formula is C33H39BrFN3O4S. The number of nitrogens with one attached hydrogen (secondary N) is 1. The van der Waals surface area contributed by atoms with Crippen LogP contribution in [0.1, 0.15) is 56.1 Å². The van der Waals surface area contributed by atoms with E-state index in [4.69, 9.17) is 0 Å². The highest BCUT2D eigenvalue weighted by molar-refractivity contribution is 9.10. The third-order valence-electron chi connectivity index (χ3n) is 7.73. The molecule has 7 nitrogen and oxygen atoms in total. The molecule has 0 aromatic heterocycles. The molecule has 1 aliphatic carbocycles. The molecule has 0 spiro atoms. The third-order valence-corrected chi connectivity index (χ3v) is 9.42. The number of hydrogen-bond acceptors (Lipinski definition) is 4. The summed E-state index contributed by atoms with van der Waals surface area (Å²) in [5.41, 5.74) is 2.14. The van der Waals surface area contributed by atoms with Gasteiger partial charge in [0.05, 0.1) is 11.9 Å². The smallest absolute Gasteiger partial charge is 0.243 e. The number of benzene rings is 3. The molecule has 1 aliphatic rings. The first-order chi connectivity index (χ1) is 20.6. The zero-order valence-corrected chi connectivity index (χ0v) is 26.8. The van der Waals surface area contributed by atoms with Gasteiger partial charge in [-0.3, -0.25) is 13.9 Å².